The van der Waals surface area contributed by atoms with Crippen molar-refractivity contribution in [3.05, 3.63) is 11.9 Å². The summed E-state index contributed by atoms with van der Waals surface area (Å²) >= 11 is 0. The van der Waals surface area contributed by atoms with Gasteiger partial charge in [0.15, 0.2) is 5.69 Å². The van der Waals surface area contributed by atoms with Crippen LogP contribution in [0.25, 0.3) is 0 Å². The Bertz CT molecular complexity index is 830. The second-order valence-corrected chi connectivity index (χ2v) is 9.63. The van der Waals surface area contributed by atoms with E-state index in [0.717, 1.165) is 11.9 Å². The first-order valence-electron chi connectivity index (χ1n) is 8.63. The first-order valence-corrected chi connectivity index (χ1v) is 10.2. The van der Waals surface area contributed by atoms with Crippen molar-refractivity contribution in [1.29, 1.82) is 0 Å². The van der Waals surface area contributed by atoms with E-state index in [9.17, 15) is 26.4 Å². The number of piperidine rings is 1. The van der Waals surface area contributed by atoms with Gasteiger partial charge < -0.3 is 9.64 Å². The maximum absolute atomic E-state index is 15.1. The summed E-state index contributed by atoms with van der Waals surface area (Å²) in [6.07, 6.45) is -4.44. The Kier molecular flexibility index (Phi) is 6.03. The van der Waals surface area contributed by atoms with Crippen LogP contribution in [0.1, 0.15) is 45.7 Å². The van der Waals surface area contributed by atoms with E-state index in [-0.39, 0.29) is 13.0 Å². The van der Waals surface area contributed by atoms with Gasteiger partial charge in [-0.3, -0.25) is 4.68 Å². The molecule has 2 atom stereocenters. The highest BCUT2D eigenvalue weighted by Crippen LogP contribution is 2.36. The lowest BCUT2D eigenvalue weighted by atomic mass is 10.0. The lowest BCUT2D eigenvalue weighted by Crippen LogP contribution is -2.52. The summed E-state index contributed by atoms with van der Waals surface area (Å²) in [6, 6.07) is -1.45. The first-order chi connectivity index (χ1) is 12.6. The highest BCUT2D eigenvalue weighted by molar-refractivity contribution is 7.92. The summed E-state index contributed by atoms with van der Waals surface area (Å²) < 4.78 is 85.7. The zero-order valence-electron chi connectivity index (χ0n) is 16.0. The van der Waals surface area contributed by atoms with Crippen LogP contribution >= 0.6 is 0 Å². The summed E-state index contributed by atoms with van der Waals surface area (Å²) in [7, 11) is -3.95. The number of carbonyl (C=O) groups excluding carboxylic acids is 1. The van der Waals surface area contributed by atoms with Gasteiger partial charge in [0, 0.05) is 19.8 Å². The standard InChI is InChI=1S/C16H23F4N3O4S/c1-15(2,3)27-14(24)23-8-6-5-7-10(23)13(17)28(25,26)11-9-22(4)21-12(11)16(18,19)20/h9-10,13H,5-8H2,1-4H3. The molecule has 0 N–H and O–H groups in total. The third-order valence-electron chi connectivity index (χ3n) is 4.15. The fourth-order valence-corrected chi connectivity index (χ4v) is 4.64. The summed E-state index contributed by atoms with van der Waals surface area (Å²) in [5.74, 6) is 0. The molecule has 7 nitrogen and oxygen atoms in total. The number of rotatable bonds is 3. The maximum atomic E-state index is 15.1. The second-order valence-electron chi connectivity index (χ2n) is 7.65. The van der Waals surface area contributed by atoms with Crippen molar-refractivity contribution in [2.24, 2.45) is 7.05 Å². The number of hydrogen-bond donors (Lipinski definition) is 0. The van der Waals surface area contributed by atoms with Crippen molar-refractivity contribution in [2.45, 2.75) is 68.3 Å². The van der Waals surface area contributed by atoms with Crippen LogP contribution in [0.2, 0.25) is 0 Å². The van der Waals surface area contributed by atoms with Gasteiger partial charge in [-0.2, -0.15) is 18.3 Å². The van der Waals surface area contributed by atoms with Crippen LogP contribution in [0, 0.1) is 0 Å². The summed E-state index contributed by atoms with van der Waals surface area (Å²) in [4.78, 5) is 12.1. The number of sulfone groups is 1. The molecule has 1 amide bonds. The molecular formula is C16H23F4N3O4S. The van der Waals surface area contributed by atoms with E-state index in [1.54, 1.807) is 20.8 Å². The highest BCUT2D eigenvalue weighted by Gasteiger charge is 2.48. The highest BCUT2D eigenvalue weighted by atomic mass is 32.2. The van der Waals surface area contributed by atoms with Crippen molar-refractivity contribution in [3.8, 4) is 0 Å². The van der Waals surface area contributed by atoms with Crippen LogP contribution in [0.15, 0.2) is 11.1 Å². The molecule has 1 aromatic heterocycles. The lowest BCUT2D eigenvalue weighted by Gasteiger charge is -2.37. The number of likely N-dealkylation sites (tertiary alicyclic amines) is 1. The van der Waals surface area contributed by atoms with Crippen molar-refractivity contribution >= 4 is 15.9 Å². The Morgan fingerprint density at radius 3 is 2.43 bits per heavy atom. The van der Waals surface area contributed by atoms with Crippen molar-refractivity contribution in [2.75, 3.05) is 6.54 Å². The Labute approximate surface area is 160 Å². The van der Waals surface area contributed by atoms with E-state index < -0.39 is 49.8 Å². The number of amides is 1. The lowest BCUT2D eigenvalue weighted by molar-refractivity contribution is -0.143. The Morgan fingerprint density at radius 1 is 1.29 bits per heavy atom. The quantitative estimate of drug-likeness (QED) is 0.689. The topological polar surface area (TPSA) is 81.5 Å². The number of halogens is 4. The van der Waals surface area contributed by atoms with E-state index in [1.807, 2.05) is 0 Å². The molecule has 160 valence electrons. The molecule has 1 saturated heterocycles. The van der Waals surface area contributed by atoms with Gasteiger partial charge in [-0.25, -0.2) is 17.6 Å². The van der Waals surface area contributed by atoms with E-state index in [1.165, 1.54) is 0 Å². The van der Waals surface area contributed by atoms with Crippen LogP contribution in [0.3, 0.4) is 0 Å². The Hall–Kier alpha value is -1.85. The van der Waals surface area contributed by atoms with Crippen LogP contribution < -0.4 is 0 Å². The van der Waals surface area contributed by atoms with Crippen LogP contribution in [0.5, 0.6) is 0 Å². The van der Waals surface area contributed by atoms with Gasteiger partial charge in [0.25, 0.3) is 0 Å². The van der Waals surface area contributed by atoms with Crippen LogP contribution in [-0.4, -0.2) is 52.9 Å². The van der Waals surface area contributed by atoms with Gasteiger partial charge in [-0.15, -0.1) is 0 Å². The van der Waals surface area contributed by atoms with Crippen molar-refractivity contribution in [3.63, 3.8) is 0 Å². The zero-order valence-corrected chi connectivity index (χ0v) is 16.8. The minimum absolute atomic E-state index is 0.0126. The largest absolute Gasteiger partial charge is 0.444 e. The van der Waals surface area contributed by atoms with Gasteiger partial charge in [0.2, 0.25) is 15.3 Å². The van der Waals surface area contributed by atoms with Gasteiger partial charge in [-0.1, -0.05) is 0 Å². The van der Waals surface area contributed by atoms with Crippen LogP contribution in [0.4, 0.5) is 22.4 Å². The van der Waals surface area contributed by atoms with E-state index in [2.05, 4.69) is 5.10 Å². The molecule has 2 unspecified atom stereocenters. The van der Waals surface area contributed by atoms with E-state index in [0.29, 0.717) is 23.7 Å². The van der Waals surface area contributed by atoms with Gasteiger partial charge in [0.05, 0.1) is 6.04 Å². The van der Waals surface area contributed by atoms with Crippen molar-refractivity contribution in [1.82, 2.24) is 14.7 Å². The van der Waals surface area contributed by atoms with E-state index >= 15 is 4.39 Å². The fourth-order valence-electron chi connectivity index (χ4n) is 2.98. The molecule has 1 aromatic rings. The minimum Gasteiger partial charge on any atom is -0.444 e. The number of carbonyl (C=O) groups is 1. The van der Waals surface area contributed by atoms with Gasteiger partial charge in [0.1, 0.15) is 10.5 Å². The third kappa shape index (κ3) is 4.76. The molecule has 0 aromatic carbocycles. The van der Waals surface area contributed by atoms with Crippen molar-refractivity contribution < 1.29 is 35.5 Å². The van der Waals surface area contributed by atoms with E-state index in [4.69, 9.17) is 4.74 Å². The summed E-state index contributed by atoms with van der Waals surface area (Å²) in [5, 5.41) is 3.12. The maximum Gasteiger partial charge on any atom is 0.436 e. The Morgan fingerprint density at radius 2 is 1.89 bits per heavy atom. The first kappa shape index (κ1) is 22.4. The summed E-state index contributed by atoms with van der Waals surface area (Å²) in [6.45, 7) is 4.84. The molecular weight excluding hydrogens is 406 g/mol. The number of aromatic nitrogens is 2. The van der Waals surface area contributed by atoms with Gasteiger partial charge in [-0.05, 0) is 40.0 Å². The zero-order chi connectivity index (χ0) is 21.5. The number of alkyl halides is 4. The number of hydrogen-bond acceptors (Lipinski definition) is 5. The number of aryl methyl sites for hydroxylation is 1. The molecule has 1 aliphatic heterocycles. The molecule has 1 aliphatic rings. The predicted molar refractivity (Wildman–Crippen MR) is 90.9 cm³/mol. The number of ether oxygens (including phenoxy) is 1. The third-order valence-corrected chi connectivity index (χ3v) is 5.97. The normalized spacial score (nSPS) is 20.1. The minimum atomic E-state index is -5.07. The molecule has 0 saturated carbocycles. The molecule has 0 radical (unpaired) electrons. The average molecular weight is 429 g/mol. The Balaban J connectivity index is 2.39. The molecule has 12 heteroatoms. The molecule has 0 bridgehead atoms. The molecule has 0 aliphatic carbocycles. The molecule has 2 heterocycles. The summed E-state index contributed by atoms with van der Waals surface area (Å²) in [5.41, 5.74) is -5.32. The predicted octanol–water partition coefficient (Wildman–Crippen LogP) is 3.30. The smallest absolute Gasteiger partial charge is 0.436 e. The molecule has 1 fully saturated rings. The van der Waals surface area contributed by atoms with Crippen LogP contribution in [-0.2, 0) is 27.8 Å². The molecule has 0 spiro atoms. The average Bonchev–Trinajstić information content (AvgIpc) is 2.95. The number of nitrogens with zero attached hydrogens (tertiary/aromatic N) is 3. The monoisotopic (exact) mass is 429 g/mol. The SMILES string of the molecule is Cn1cc(S(=O)(=O)C(F)C2CCCCN2C(=O)OC(C)(C)C)c(C(F)(F)F)n1. The molecule has 28 heavy (non-hydrogen) atoms. The van der Waals surface area contributed by atoms with Gasteiger partial charge >= 0.3 is 12.3 Å². The molecule has 2 rings (SSSR count). The fraction of sp³-hybridized carbons (Fsp3) is 0.750. The second kappa shape index (κ2) is 7.53.